The van der Waals surface area contributed by atoms with E-state index in [2.05, 4.69) is 4.98 Å². The third-order valence-electron chi connectivity index (χ3n) is 5.68. The molecular formula is C25H19FN2O5S. The molecule has 0 radical (unpaired) electrons. The predicted molar refractivity (Wildman–Crippen MR) is 125 cm³/mol. The molecule has 7 nitrogen and oxygen atoms in total. The van der Waals surface area contributed by atoms with Crippen LogP contribution in [0.15, 0.2) is 51.7 Å². The van der Waals surface area contributed by atoms with Crippen LogP contribution in [0.4, 0.5) is 9.52 Å². The normalized spacial score (nSPS) is 15.1. The Morgan fingerprint density at radius 2 is 1.97 bits per heavy atom. The van der Waals surface area contributed by atoms with Crippen LogP contribution in [0.25, 0.3) is 11.0 Å². The molecular weight excluding hydrogens is 459 g/mol. The maximum Gasteiger partial charge on any atom is 0.350 e. The van der Waals surface area contributed by atoms with Crippen molar-refractivity contribution in [2.75, 3.05) is 11.5 Å². The Hall–Kier alpha value is -3.85. The fraction of sp³-hybridized carbons (Fsp3) is 0.200. The van der Waals surface area contributed by atoms with Crippen LogP contribution in [-0.4, -0.2) is 23.5 Å². The Bertz CT molecular complexity index is 1540. The van der Waals surface area contributed by atoms with Crippen molar-refractivity contribution in [2.45, 2.75) is 26.8 Å². The maximum atomic E-state index is 15.0. The zero-order chi connectivity index (χ0) is 24.1. The number of ether oxygens (including phenoxy) is 1. The molecule has 34 heavy (non-hydrogen) atoms. The van der Waals surface area contributed by atoms with Gasteiger partial charge >= 0.3 is 5.97 Å². The molecule has 0 saturated heterocycles. The number of anilines is 1. The molecule has 0 N–H and O–H groups in total. The predicted octanol–water partition coefficient (Wildman–Crippen LogP) is 4.93. The summed E-state index contributed by atoms with van der Waals surface area (Å²) in [6.45, 7) is 5.33. The molecule has 4 aromatic rings. The highest BCUT2D eigenvalue weighted by Gasteiger charge is 2.46. The SMILES string of the molecule is CCOC(=O)c1sc(N2C(=O)c3oc4ccc(C)cc4c(=O)c3[C@H]2c2ccccc2F)nc1C. The van der Waals surface area contributed by atoms with E-state index in [9.17, 15) is 14.4 Å². The molecule has 1 atom stereocenters. The Morgan fingerprint density at radius 1 is 1.21 bits per heavy atom. The molecule has 1 aliphatic heterocycles. The zero-order valence-corrected chi connectivity index (χ0v) is 19.4. The average Bonchev–Trinajstić information content (AvgIpc) is 3.32. The number of benzene rings is 2. The topological polar surface area (TPSA) is 89.7 Å². The quantitative estimate of drug-likeness (QED) is 0.386. The second-order valence-electron chi connectivity index (χ2n) is 7.90. The maximum absolute atomic E-state index is 15.0. The lowest BCUT2D eigenvalue weighted by atomic mass is 9.98. The molecule has 3 heterocycles. The van der Waals surface area contributed by atoms with Gasteiger partial charge in [-0.1, -0.05) is 41.2 Å². The number of rotatable bonds is 4. The minimum absolute atomic E-state index is 0.0405. The number of aromatic nitrogens is 1. The highest BCUT2D eigenvalue weighted by atomic mass is 32.1. The fourth-order valence-electron chi connectivity index (χ4n) is 4.15. The Labute approximate surface area is 197 Å². The van der Waals surface area contributed by atoms with Crippen LogP contribution in [0, 0.1) is 19.7 Å². The molecule has 172 valence electrons. The second-order valence-corrected chi connectivity index (χ2v) is 8.88. The lowest BCUT2D eigenvalue weighted by molar-refractivity contribution is 0.0531. The summed E-state index contributed by atoms with van der Waals surface area (Å²) in [4.78, 5) is 45.4. The number of aryl methyl sites for hydroxylation is 2. The number of thiazole rings is 1. The molecule has 0 unspecified atom stereocenters. The van der Waals surface area contributed by atoms with Gasteiger partial charge in [0, 0.05) is 5.56 Å². The van der Waals surface area contributed by atoms with Gasteiger partial charge in [0.1, 0.15) is 22.3 Å². The molecule has 1 amide bonds. The molecule has 2 aromatic heterocycles. The number of carbonyl (C=O) groups excluding carboxylic acids is 2. The summed E-state index contributed by atoms with van der Waals surface area (Å²) in [5, 5.41) is 0.446. The largest absolute Gasteiger partial charge is 0.462 e. The molecule has 1 aliphatic rings. The van der Waals surface area contributed by atoms with Gasteiger partial charge in [-0.25, -0.2) is 14.2 Å². The summed E-state index contributed by atoms with van der Waals surface area (Å²) in [6, 6.07) is 9.92. The number of hydrogen-bond donors (Lipinski definition) is 0. The van der Waals surface area contributed by atoms with Gasteiger partial charge in [0.05, 0.1) is 23.3 Å². The van der Waals surface area contributed by atoms with Gasteiger partial charge in [-0.3, -0.25) is 14.5 Å². The van der Waals surface area contributed by atoms with E-state index >= 15 is 4.39 Å². The molecule has 2 aromatic carbocycles. The standard InChI is InChI=1S/C25H19FN2O5S/c1-4-32-24(31)22-13(3)27-25(34-22)28-19(14-7-5-6-8-16(14)26)18-20(29)15-11-12(2)9-10-17(15)33-21(18)23(28)30/h5-11,19H,4H2,1-3H3/t19-/m1/s1. The van der Waals surface area contributed by atoms with E-state index < -0.39 is 29.2 Å². The van der Waals surface area contributed by atoms with Crippen molar-refractivity contribution >= 4 is 39.3 Å². The third kappa shape index (κ3) is 3.31. The summed E-state index contributed by atoms with van der Waals surface area (Å²) in [5.74, 6) is -1.95. The number of halogens is 1. The first kappa shape index (κ1) is 22.0. The van der Waals surface area contributed by atoms with Crippen LogP contribution in [0.2, 0.25) is 0 Å². The van der Waals surface area contributed by atoms with Crippen molar-refractivity contribution in [3.8, 4) is 0 Å². The first-order valence-corrected chi connectivity index (χ1v) is 11.4. The van der Waals surface area contributed by atoms with E-state index in [0.29, 0.717) is 11.1 Å². The van der Waals surface area contributed by atoms with E-state index in [1.807, 2.05) is 6.92 Å². The van der Waals surface area contributed by atoms with Gasteiger partial charge in [0.2, 0.25) is 5.76 Å². The first-order chi connectivity index (χ1) is 16.3. The second kappa shape index (κ2) is 8.18. The Morgan fingerprint density at radius 3 is 2.71 bits per heavy atom. The summed E-state index contributed by atoms with van der Waals surface area (Å²) in [6.07, 6.45) is 0. The number of esters is 1. The number of nitrogens with zero attached hydrogens (tertiary/aromatic N) is 2. The van der Waals surface area contributed by atoms with Crippen LogP contribution < -0.4 is 10.3 Å². The first-order valence-electron chi connectivity index (χ1n) is 10.6. The lowest BCUT2D eigenvalue weighted by Gasteiger charge is -2.22. The van der Waals surface area contributed by atoms with Crippen molar-refractivity contribution in [1.82, 2.24) is 4.98 Å². The van der Waals surface area contributed by atoms with Gasteiger partial charge in [-0.15, -0.1) is 0 Å². The highest BCUT2D eigenvalue weighted by molar-refractivity contribution is 7.17. The highest BCUT2D eigenvalue weighted by Crippen LogP contribution is 2.43. The van der Waals surface area contributed by atoms with E-state index in [1.165, 1.54) is 23.1 Å². The summed E-state index contributed by atoms with van der Waals surface area (Å²) in [5.41, 5.74) is 1.23. The van der Waals surface area contributed by atoms with Crippen molar-refractivity contribution in [1.29, 1.82) is 0 Å². The monoisotopic (exact) mass is 478 g/mol. The van der Waals surface area contributed by atoms with Crippen molar-refractivity contribution in [3.05, 3.63) is 91.5 Å². The van der Waals surface area contributed by atoms with Gasteiger partial charge in [0.25, 0.3) is 5.91 Å². The molecule has 0 fully saturated rings. The number of carbonyl (C=O) groups is 2. The summed E-state index contributed by atoms with van der Waals surface area (Å²) < 4.78 is 26.0. The fourth-order valence-corrected chi connectivity index (χ4v) is 5.13. The van der Waals surface area contributed by atoms with E-state index in [1.54, 1.807) is 38.1 Å². The molecule has 0 aliphatic carbocycles. The molecule has 0 saturated carbocycles. The number of hydrogen-bond acceptors (Lipinski definition) is 7. The van der Waals surface area contributed by atoms with E-state index in [4.69, 9.17) is 9.15 Å². The molecule has 0 bridgehead atoms. The van der Waals surface area contributed by atoms with E-state index in [0.717, 1.165) is 16.9 Å². The number of amides is 1. The van der Waals surface area contributed by atoms with E-state index in [-0.39, 0.29) is 39.1 Å². The van der Waals surface area contributed by atoms with Crippen LogP contribution in [0.1, 0.15) is 55.6 Å². The minimum Gasteiger partial charge on any atom is -0.462 e. The Balaban J connectivity index is 1.77. The van der Waals surface area contributed by atoms with Crippen LogP contribution in [0.5, 0.6) is 0 Å². The van der Waals surface area contributed by atoms with Gasteiger partial charge in [-0.05, 0) is 39.0 Å². The van der Waals surface area contributed by atoms with Gasteiger partial charge < -0.3 is 9.15 Å². The van der Waals surface area contributed by atoms with Crippen LogP contribution in [0.3, 0.4) is 0 Å². The third-order valence-corrected chi connectivity index (χ3v) is 6.81. The van der Waals surface area contributed by atoms with Crippen molar-refractivity contribution < 1.29 is 23.1 Å². The zero-order valence-electron chi connectivity index (χ0n) is 18.5. The van der Waals surface area contributed by atoms with Crippen LogP contribution >= 0.6 is 11.3 Å². The summed E-state index contributed by atoms with van der Waals surface area (Å²) >= 11 is 0.949. The summed E-state index contributed by atoms with van der Waals surface area (Å²) in [7, 11) is 0. The van der Waals surface area contributed by atoms with Gasteiger partial charge in [0.15, 0.2) is 10.6 Å². The van der Waals surface area contributed by atoms with Gasteiger partial charge in [-0.2, -0.15) is 0 Å². The van der Waals surface area contributed by atoms with Crippen LogP contribution in [-0.2, 0) is 4.74 Å². The average molecular weight is 479 g/mol. The molecule has 5 rings (SSSR count). The number of fused-ring (bicyclic) bond motifs is 2. The van der Waals surface area contributed by atoms with Crippen molar-refractivity contribution in [3.63, 3.8) is 0 Å². The molecule has 9 heteroatoms. The molecule has 0 spiro atoms. The van der Waals surface area contributed by atoms with Crippen molar-refractivity contribution in [2.24, 2.45) is 0 Å². The Kier molecular flexibility index (Phi) is 5.28. The minimum atomic E-state index is -1.11. The smallest absolute Gasteiger partial charge is 0.350 e. The lowest BCUT2D eigenvalue weighted by Crippen LogP contribution is -2.30.